The minimum atomic E-state index is -4.34. The third kappa shape index (κ3) is 9.21. The van der Waals surface area contributed by atoms with Gasteiger partial charge in [-0.15, -0.1) is 0 Å². The summed E-state index contributed by atoms with van der Waals surface area (Å²) in [6.07, 6.45) is 1.81. The number of methoxy groups -OCH3 is 2. The molecule has 4 rings (SSSR count). The molecule has 2 amide bonds. The van der Waals surface area contributed by atoms with E-state index in [0.29, 0.717) is 22.9 Å². The van der Waals surface area contributed by atoms with Gasteiger partial charge in [-0.3, -0.25) is 13.9 Å². The predicted octanol–water partition coefficient (Wildman–Crippen LogP) is 6.76. The molecular formula is C36H39Cl2N3O6S. The van der Waals surface area contributed by atoms with E-state index in [1.807, 2.05) is 37.3 Å². The summed E-state index contributed by atoms with van der Waals surface area (Å²) in [5, 5.41) is 3.59. The number of nitrogens with zero attached hydrogens (tertiary/aromatic N) is 2. The molecule has 1 atom stereocenters. The minimum absolute atomic E-state index is 0.0449. The number of sulfonamides is 1. The van der Waals surface area contributed by atoms with Gasteiger partial charge in [0.05, 0.1) is 34.8 Å². The summed E-state index contributed by atoms with van der Waals surface area (Å²) in [7, 11) is -1.43. The highest BCUT2D eigenvalue weighted by molar-refractivity contribution is 7.92. The first-order valence-corrected chi connectivity index (χ1v) is 17.6. The minimum Gasteiger partial charge on any atom is -0.497 e. The van der Waals surface area contributed by atoms with E-state index in [1.165, 1.54) is 43.4 Å². The van der Waals surface area contributed by atoms with Crippen LogP contribution in [0.25, 0.3) is 0 Å². The number of carbonyl (C=O) groups excluding carboxylic acids is 2. The van der Waals surface area contributed by atoms with E-state index < -0.39 is 28.5 Å². The Hall–Kier alpha value is -4.25. The molecule has 4 aromatic carbocycles. The zero-order chi connectivity index (χ0) is 34.7. The number of hydrogen-bond donors (Lipinski definition) is 1. The first-order valence-electron chi connectivity index (χ1n) is 15.4. The topological polar surface area (TPSA) is 105 Å². The van der Waals surface area contributed by atoms with E-state index in [1.54, 1.807) is 42.5 Å². The molecular weight excluding hydrogens is 673 g/mol. The number of benzene rings is 4. The fraction of sp³-hybridized carbons (Fsp3) is 0.278. The van der Waals surface area contributed by atoms with Gasteiger partial charge in [0.2, 0.25) is 11.8 Å². The molecule has 254 valence electrons. The van der Waals surface area contributed by atoms with E-state index in [2.05, 4.69) is 5.32 Å². The maximum atomic E-state index is 14.6. The quantitative estimate of drug-likeness (QED) is 0.129. The fourth-order valence-corrected chi connectivity index (χ4v) is 6.86. The number of unbranched alkanes of at least 4 members (excludes halogenated alkanes) is 1. The van der Waals surface area contributed by atoms with Crippen molar-refractivity contribution in [3.63, 3.8) is 0 Å². The Labute approximate surface area is 292 Å². The summed E-state index contributed by atoms with van der Waals surface area (Å²) in [4.78, 5) is 29.9. The van der Waals surface area contributed by atoms with Crippen LogP contribution in [-0.4, -0.2) is 58.5 Å². The highest BCUT2D eigenvalue weighted by Gasteiger charge is 2.35. The van der Waals surface area contributed by atoms with Crippen LogP contribution >= 0.6 is 23.2 Å². The molecule has 0 heterocycles. The zero-order valence-electron chi connectivity index (χ0n) is 27.1. The summed E-state index contributed by atoms with van der Waals surface area (Å²) < 4.78 is 40.4. The second-order valence-electron chi connectivity index (χ2n) is 11.0. The lowest BCUT2D eigenvalue weighted by Gasteiger charge is -2.34. The molecule has 48 heavy (non-hydrogen) atoms. The van der Waals surface area contributed by atoms with Gasteiger partial charge < -0.3 is 19.7 Å². The molecule has 0 radical (unpaired) electrons. The highest BCUT2D eigenvalue weighted by atomic mass is 35.5. The van der Waals surface area contributed by atoms with Crippen LogP contribution in [0.15, 0.2) is 102 Å². The molecule has 12 heteroatoms. The number of ether oxygens (including phenoxy) is 2. The monoisotopic (exact) mass is 711 g/mol. The number of para-hydroxylation sites is 2. The van der Waals surface area contributed by atoms with Crippen molar-refractivity contribution in [2.45, 2.75) is 43.7 Å². The summed E-state index contributed by atoms with van der Waals surface area (Å²) >= 11 is 12.5. The molecule has 1 unspecified atom stereocenters. The average molecular weight is 713 g/mol. The lowest BCUT2D eigenvalue weighted by atomic mass is 10.0. The zero-order valence-corrected chi connectivity index (χ0v) is 29.4. The molecule has 4 aromatic rings. The number of hydrogen-bond acceptors (Lipinski definition) is 6. The number of halogens is 2. The van der Waals surface area contributed by atoms with Gasteiger partial charge in [0.1, 0.15) is 24.1 Å². The second kappa shape index (κ2) is 17.2. The van der Waals surface area contributed by atoms with Crippen LogP contribution in [0.1, 0.15) is 30.9 Å². The van der Waals surface area contributed by atoms with E-state index in [4.69, 9.17) is 32.7 Å². The average Bonchev–Trinajstić information content (AvgIpc) is 3.10. The Kier molecular flexibility index (Phi) is 13.1. The van der Waals surface area contributed by atoms with E-state index >= 15 is 0 Å². The van der Waals surface area contributed by atoms with Gasteiger partial charge in [0.25, 0.3) is 10.0 Å². The number of anilines is 1. The van der Waals surface area contributed by atoms with Crippen molar-refractivity contribution in [2.24, 2.45) is 0 Å². The van der Waals surface area contributed by atoms with E-state index in [-0.39, 0.29) is 40.2 Å². The van der Waals surface area contributed by atoms with Gasteiger partial charge in [0, 0.05) is 19.5 Å². The van der Waals surface area contributed by atoms with Crippen LogP contribution in [0, 0.1) is 0 Å². The summed E-state index contributed by atoms with van der Waals surface area (Å²) in [5.41, 5.74) is 1.59. The SMILES string of the molecule is CCCCNC(=O)C(Cc1ccccc1)N(Cc1ccc(Cl)c(Cl)c1)C(=O)CN(c1ccccc1OC)S(=O)(=O)c1ccc(OC)cc1. The first-order chi connectivity index (χ1) is 23.1. The lowest BCUT2D eigenvalue weighted by Crippen LogP contribution is -2.53. The molecule has 0 aromatic heterocycles. The third-order valence-electron chi connectivity index (χ3n) is 7.72. The molecule has 0 aliphatic rings. The Morgan fingerprint density at radius 1 is 0.833 bits per heavy atom. The second-order valence-corrected chi connectivity index (χ2v) is 13.7. The molecule has 0 aliphatic heterocycles. The van der Waals surface area contributed by atoms with Crippen LogP contribution in [0.2, 0.25) is 10.0 Å². The summed E-state index contributed by atoms with van der Waals surface area (Å²) in [6, 6.07) is 25.7. The molecule has 0 spiro atoms. The predicted molar refractivity (Wildman–Crippen MR) is 189 cm³/mol. The Balaban J connectivity index is 1.83. The number of carbonyl (C=O) groups is 2. The number of nitrogens with one attached hydrogen (secondary N) is 1. The van der Waals surface area contributed by atoms with Crippen molar-refractivity contribution in [2.75, 3.05) is 31.6 Å². The van der Waals surface area contributed by atoms with Gasteiger partial charge in [-0.05, 0) is 66.1 Å². The maximum Gasteiger partial charge on any atom is 0.264 e. The number of amides is 2. The fourth-order valence-electron chi connectivity index (χ4n) is 5.12. The molecule has 9 nitrogen and oxygen atoms in total. The van der Waals surface area contributed by atoms with Gasteiger partial charge >= 0.3 is 0 Å². The lowest BCUT2D eigenvalue weighted by molar-refractivity contribution is -0.140. The maximum absolute atomic E-state index is 14.6. The Morgan fingerprint density at radius 3 is 2.17 bits per heavy atom. The van der Waals surface area contributed by atoms with Crippen molar-refractivity contribution in [1.82, 2.24) is 10.2 Å². The largest absolute Gasteiger partial charge is 0.497 e. The Morgan fingerprint density at radius 2 is 1.52 bits per heavy atom. The van der Waals surface area contributed by atoms with Crippen LogP contribution in [-0.2, 0) is 32.6 Å². The summed E-state index contributed by atoms with van der Waals surface area (Å²) in [6.45, 7) is 1.76. The molecule has 0 fully saturated rings. The molecule has 1 N–H and O–H groups in total. The van der Waals surface area contributed by atoms with Crippen molar-refractivity contribution in [3.8, 4) is 11.5 Å². The standard InChI is InChI=1S/C36H39Cl2N3O6S/c1-4-5-21-39-36(43)33(23-26-11-7-6-8-12-26)40(24-27-15-20-30(37)31(38)22-27)35(42)25-41(32-13-9-10-14-34(32)47-3)48(44,45)29-18-16-28(46-2)17-19-29/h6-20,22,33H,4-5,21,23-25H2,1-3H3,(H,39,43). The molecule has 0 saturated heterocycles. The summed E-state index contributed by atoms with van der Waals surface area (Å²) in [5.74, 6) is -0.255. The third-order valence-corrected chi connectivity index (χ3v) is 10.2. The van der Waals surface area contributed by atoms with Crippen LogP contribution in [0.5, 0.6) is 11.5 Å². The Bertz CT molecular complexity index is 1790. The molecule has 0 aliphatic carbocycles. The van der Waals surface area contributed by atoms with Crippen molar-refractivity contribution in [3.05, 3.63) is 118 Å². The number of rotatable bonds is 16. The molecule has 0 bridgehead atoms. The van der Waals surface area contributed by atoms with Crippen molar-refractivity contribution in [1.29, 1.82) is 0 Å². The highest BCUT2D eigenvalue weighted by Crippen LogP contribution is 2.33. The smallest absolute Gasteiger partial charge is 0.264 e. The first kappa shape index (κ1) is 36.6. The van der Waals surface area contributed by atoms with Crippen LogP contribution < -0.4 is 19.1 Å². The van der Waals surface area contributed by atoms with Crippen molar-refractivity contribution < 1.29 is 27.5 Å². The molecule has 0 saturated carbocycles. The van der Waals surface area contributed by atoms with Gasteiger partial charge in [0.15, 0.2) is 0 Å². The van der Waals surface area contributed by atoms with Crippen LogP contribution in [0.4, 0.5) is 5.69 Å². The van der Waals surface area contributed by atoms with Gasteiger partial charge in [-0.2, -0.15) is 0 Å². The van der Waals surface area contributed by atoms with Gasteiger partial charge in [-0.25, -0.2) is 8.42 Å². The van der Waals surface area contributed by atoms with Crippen molar-refractivity contribution >= 4 is 50.7 Å². The normalized spacial score (nSPS) is 11.8. The van der Waals surface area contributed by atoms with E-state index in [9.17, 15) is 18.0 Å². The van der Waals surface area contributed by atoms with E-state index in [0.717, 1.165) is 22.7 Å². The van der Waals surface area contributed by atoms with Gasteiger partial charge in [-0.1, -0.05) is 85.1 Å². The van der Waals surface area contributed by atoms with Crippen LogP contribution in [0.3, 0.4) is 0 Å².